The lowest BCUT2D eigenvalue weighted by Gasteiger charge is -2.34. The molecular formula is C16H23N8O9P. The third-order valence-corrected chi connectivity index (χ3v) is 5.02. The highest BCUT2D eigenvalue weighted by Crippen LogP contribution is 2.39. The first-order chi connectivity index (χ1) is 15.9. The number of ether oxygens (including phenoxy) is 1. The van der Waals surface area contributed by atoms with E-state index < -0.39 is 50.3 Å². The van der Waals surface area contributed by atoms with E-state index in [1.54, 1.807) is 0 Å². The highest BCUT2D eigenvalue weighted by molar-refractivity contribution is 7.45. The molecular weight excluding hydrogens is 479 g/mol. The zero-order chi connectivity index (χ0) is 25.3. The van der Waals surface area contributed by atoms with Gasteiger partial charge in [-0.2, -0.15) is 0 Å². The van der Waals surface area contributed by atoms with Crippen LogP contribution in [0.3, 0.4) is 0 Å². The van der Waals surface area contributed by atoms with Crippen LogP contribution in [0.4, 0.5) is 5.82 Å². The van der Waals surface area contributed by atoms with Crippen molar-refractivity contribution in [3.05, 3.63) is 30.9 Å². The number of hydrogen-bond acceptors (Lipinski definition) is 12. The molecule has 3 aromatic heterocycles. The first-order valence-electron chi connectivity index (χ1n) is 9.54. The fraction of sp³-hybridized carbons (Fsp3) is 0.438. The molecule has 1 aliphatic rings. The molecule has 0 amide bonds. The zero-order valence-electron chi connectivity index (χ0n) is 17.3. The van der Waals surface area contributed by atoms with E-state index >= 15 is 0 Å². The number of H-pyrrole nitrogens is 1. The first-order valence-corrected chi connectivity index (χ1v) is 11.1. The summed E-state index contributed by atoms with van der Waals surface area (Å²) in [6, 6.07) is -1.15. The third kappa shape index (κ3) is 4.97. The van der Waals surface area contributed by atoms with E-state index in [-0.39, 0.29) is 23.4 Å². The van der Waals surface area contributed by atoms with Crippen LogP contribution in [0.2, 0.25) is 0 Å². The zero-order valence-corrected chi connectivity index (χ0v) is 18.2. The maximum atomic E-state index is 13.5. The van der Waals surface area contributed by atoms with Crippen molar-refractivity contribution < 1.29 is 44.1 Å². The van der Waals surface area contributed by atoms with Crippen molar-refractivity contribution in [1.29, 1.82) is 0 Å². The van der Waals surface area contributed by atoms with Gasteiger partial charge in [-0.25, -0.2) is 24.5 Å². The van der Waals surface area contributed by atoms with Gasteiger partial charge >= 0.3 is 7.82 Å². The lowest BCUT2D eigenvalue weighted by atomic mass is 9.92. The van der Waals surface area contributed by atoms with Gasteiger partial charge in [-0.15, -0.1) is 0 Å². The number of aromatic amines is 1. The molecule has 186 valence electrons. The Kier molecular flexibility index (Phi) is 7.41. The SMILES string of the molecule is Nc1ncnc2c1ncn2[C@]1(C(=O)C(N)Cc2cnc[nH]2)O[C@H](CO)[C@@H](O)[C@H]1O.O=P(O)(O)O. The average molecular weight is 502 g/mol. The van der Waals surface area contributed by atoms with Crippen LogP contribution in [0, 0.1) is 0 Å². The second kappa shape index (κ2) is 9.79. The number of ketones is 1. The monoisotopic (exact) mass is 502 g/mol. The van der Waals surface area contributed by atoms with Crippen molar-refractivity contribution in [1.82, 2.24) is 29.5 Å². The Bertz CT molecular complexity index is 1180. The van der Waals surface area contributed by atoms with Crippen LogP contribution < -0.4 is 11.5 Å². The van der Waals surface area contributed by atoms with E-state index in [0.717, 1.165) is 0 Å². The minimum atomic E-state index is -4.64. The number of aromatic nitrogens is 6. The predicted molar refractivity (Wildman–Crippen MR) is 111 cm³/mol. The molecule has 0 aliphatic carbocycles. The largest absolute Gasteiger partial charge is 0.466 e. The molecule has 18 heteroatoms. The van der Waals surface area contributed by atoms with E-state index in [1.807, 2.05) is 0 Å². The Morgan fingerprint density at radius 1 is 1.29 bits per heavy atom. The summed E-state index contributed by atoms with van der Waals surface area (Å²) in [7, 11) is -4.64. The van der Waals surface area contributed by atoms with Gasteiger partial charge in [-0.3, -0.25) is 9.36 Å². The van der Waals surface area contributed by atoms with Gasteiger partial charge in [0.2, 0.25) is 11.5 Å². The maximum Gasteiger partial charge on any atom is 0.466 e. The van der Waals surface area contributed by atoms with E-state index in [2.05, 4.69) is 24.9 Å². The molecule has 1 saturated heterocycles. The number of carbonyl (C=O) groups is 1. The normalized spacial score (nSPS) is 25.7. The highest BCUT2D eigenvalue weighted by atomic mass is 31.2. The number of nitrogens with zero attached hydrogens (tertiary/aromatic N) is 5. The van der Waals surface area contributed by atoms with Crippen LogP contribution in [-0.4, -0.2) is 96.2 Å². The number of imidazole rings is 2. The Hall–Kier alpha value is -2.86. The number of nitrogens with two attached hydrogens (primary N) is 2. The Balaban J connectivity index is 0.000000588. The van der Waals surface area contributed by atoms with Crippen molar-refractivity contribution in [2.75, 3.05) is 12.3 Å². The standard InChI is InChI=1S/C16H20N8O5.H3O4P/c17-8(1-7-2-19-4-20-7)12(27)16(13(28)11(26)9(3-25)29-16)24-6-23-10-14(18)21-5-22-15(10)24;1-5(2,3)4/h2,4-6,8-9,11,13,25-26,28H,1,3,17H2,(H,19,20)(H2,18,21,22);(H3,1,2,3,4)/t8?,9-,11-,13-,16-;/m1./s1. The Labute approximate surface area is 190 Å². The number of nitrogens with one attached hydrogen (secondary N) is 1. The third-order valence-electron chi connectivity index (χ3n) is 5.02. The number of fused-ring (bicyclic) bond motifs is 1. The topological polar surface area (TPSA) is 289 Å². The molecule has 0 spiro atoms. The molecule has 1 aliphatic heterocycles. The molecule has 0 bridgehead atoms. The summed E-state index contributed by atoms with van der Waals surface area (Å²) in [5.74, 6) is -0.684. The quantitative estimate of drug-likeness (QED) is 0.146. The molecule has 1 unspecified atom stereocenters. The molecule has 4 heterocycles. The molecule has 0 saturated carbocycles. The average Bonchev–Trinajstić information content (AvgIpc) is 3.47. The van der Waals surface area contributed by atoms with Crippen molar-refractivity contribution in [2.24, 2.45) is 5.73 Å². The van der Waals surface area contributed by atoms with E-state index in [0.29, 0.717) is 5.69 Å². The van der Waals surface area contributed by atoms with Crippen molar-refractivity contribution in [3.63, 3.8) is 0 Å². The van der Waals surface area contributed by atoms with Gasteiger partial charge in [-0.05, 0) is 0 Å². The Morgan fingerprint density at radius 2 is 1.97 bits per heavy atom. The fourth-order valence-corrected chi connectivity index (χ4v) is 3.56. The van der Waals surface area contributed by atoms with Crippen molar-refractivity contribution >= 4 is 30.6 Å². The molecule has 11 N–H and O–H groups in total. The van der Waals surface area contributed by atoms with Gasteiger partial charge < -0.3 is 51.2 Å². The predicted octanol–water partition coefficient (Wildman–Crippen LogP) is -3.89. The fourth-order valence-electron chi connectivity index (χ4n) is 3.56. The summed E-state index contributed by atoms with van der Waals surface area (Å²) in [4.78, 5) is 53.8. The van der Waals surface area contributed by atoms with Crippen LogP contribution in [0.25, 0.3) is 11.2 Å². The van der Waals surface area contributed by atoms with Gasteiger partial charge in [0, 0.05) is 18.3 Å². The van der Waals surface area contributed by atoms with Gasteiger partial charge in [-0.1, -0.05) is 0 Å². The van der Waals surface area contributed by atoms with Crippen molar-refractivity contribution in [3.8, 4) is 0 Å². The number of aliphatic hydroxyl groups excluding tert-OH is 3. The number of hydrogen-bond donors (Lipinski definition) is 9. The number of rotatable bonds is 6. The number of carbonyl (C=O) groups excluding carboxylic acids is 1. The first kappa shape index (κ1) is 25.8. The molecule has 0 aromatic carbocycles. The van der Waals surface area contributed by atoms with Crippen LogP contribution in [0.15, 0.2) is 25.2 Å². The molecule has 5 atom stereocenters. The second-order valence-corrected chi connectivity index (χ2v) is 8.31. The number of anilines is 1. The number of nitrogen functional groups attached to an aromatic ring is 1. The molecule has 4 rings (SSSR count). The number of Topliss-reactive ketones (excluding diaryl/α,β-unsaturated/α-hetero) is 1. The molecule has 3 aromatic rings. The summed E-state index contributed by atoms with van der Waals surface area (Å²) in [6.07, 6.45) is 0.848. The van der Waals surface area contributed by atoms with E-state index in [4.69, 9.17) is 35.4 Å². The van der Waals surface area contributed by atoms with Crippen LogP contribution in [0.5, 0.6) is 0 Å². The van der Waals surface area contributed by atoms with Crippen LogP contribution >= 0.6 is 7.82 Å². The van der Waals surface area contributed by atoms with Gasteiger partial charge in [0.25, 0.3) is 0 Å². The molecule has 1 fully saturated rings. The summed E-state index contributed by atoms with van der Waals surface area (Å²) in [6.45, 7) is -0.632. The maximum absolute atomic E-state index is 13.5. The molecule has 34 heavy (non-hydrogen) atoms. The Morgan fingerprint density at radius 3 is 2.53 bits per heavy atom. The smallest absolute Gasteiger partial charge is 0.394 e. The van der Waals surface area contributed by atoms with Crippen LogP contribution in [0.1, 0.15) is 5.69 Å². The number of aliphatic hydroxyl groups is 3. The van der Waals surface area contributed by atoms with Gasteiger partial charge in [0.15, 0.2) is 11.5 Å². The summed E-state index contributed by atoms with van der Waals surface area (Å²) >= 11 is 0. The van der Waals surface area contributed by atoms with E-state index in [1.165, 1.54) is 29.7 Å². The van der Waals surface area contributed by atoms with Crippen molar-refractivity contribution in [2.45, 2.75) is 36.5 Å². The summed E-state index contributed by atoms with van der Waals surface area (Å²) in [5.41, 5.74) is 10.6. The molecule has 0 radical (unpaired) electrons. The lowest BCUT2D eigenvalue weighted by Crippen LogP contribution is -2.57. The summed E-state index contributed by atoms with van der Waals surface area (Å²) in [5, 5.41) is 30.8. The minimum Gasteiger partial charge on any atom is -0.394 e. The highest BCUT2D eigenvalue weighted by Gasteiger charge is 2.61. The summed E-state index contributed by atoms with van der Waals surface area (Å²) < 4.78 is 15.8. The van der Waals surface area contributed by atoms with Gasteiger partial charge in [0.1, 0.15) is 36.5 Å². The molecule has 17 nitrogen and oxygen atoms in total. The van der Waals surface area contributed by atoms with Gasteiger partial charge in [0.05, 0.1) is 19.0 Å². The van der Waals surface area contributed by atoms with Crippen LogP contribution in [-0.2, 0) is 26.2 Å². The second-order valence-electron chi connectivity index (χ2n) is 7.28. The minimum absolute atomic E-state index is 0.0600. The van der Waals surface area contributed by atoms with E-state index in [9.17, 15) is 20.1 Å². The lowest BCUT2D eigenvalue weighted by molar-refractivity contribution is -0.175. The number of phosphoric acid groups is 1.